The fourth-order valence-corrected chi connectivity index (χ4v) is 3.66. The van der Waals surface area contributed by atoms with Gasteiger partial charge in [0.15, 0.2) is 5.78 Å². The lowest BCUT2D eigenvalue weighted by atomic mass is 10.0. The number of nitrogens with two attached hydrogens (primary N) is 2. The van der Waals surface area contributed by atoms with Crippen LogP contribution in [0, 0.1) is 5.41 Å². The molecule has 3 aromatic rings. The fraction of sp³-hybridized carbons (Fsp3) is 0.308. The molecule has 1 heterocycles. The van der Waals surface area contributed by atoms with Gasteiger partial charge in [0.05, 0.1) is 0 Å². The van der Waals surface area contributed by atoms with Crippen LogP contribution in [0.2, 0.25) is 0 Å². The molecule has 36 heavy (non-hydrogen) atoms. The molecule has 0 saturated heterocycles. The average Bonchev–Trinajstić information content (AvgIpc) is 3.32. The Morgan fingerprint density at radius 3 is 2.25 bits per heavy atom. The van der Waals surface area contributed by atoms with Gasteiger partial charge in [-0.1, -0.05) is 37.5 Å². The highest BCUT2D eigenvalue weighted by Gasteiger charge is 2.22. The normalized spacial score (nSPS) is 11.5. The van der Waals surface area contributed by atoms with E-state index in [0.717, 1.165) is 30.0 Å². The zero-order valence-corrected chi connectivity index (χ0v) is 20.5. The van der Waals surface area contributed by atoms with Crippen LogP contribution in [-0.2, 0) is 9.59 Å². The Morgan fingerprint density at radius 2 is 1.56 bits per heavy atom. The van der Waals surface area contributed by atoms with Gasteiger partial charge in [-0.2, -0.15) is 0 Å². The molecule has 0 spiro atoms. The minimum absolute atomic E-state index is 0. The number of fused-ring (bicyclic) bond motifs is 1. The van der Waals surface area contributed by atoms with Crippen LogP contribution in [0.4, 0.5) is 0 Å². The first kappa shape index (κ1) is 28.5. The number of ether oxygens (including phenoxy) is 1. The quantitative estimate of drug-likeness (QED) is 0.0830. The van der Waals surface area contributed by atoms with Gasteiger partial charge in [0.25, 0.3) is 0 Å². The predicted molar refractivity (Wildman–Crippen MR) is 138 cm³/mol. The molecule has 0 aliphatic heterocycles. The minimum atomic E-state index is -0.972. The summed E-state index contributed by atoms with van der Waals surface area (Å²) >= 11 is 0. The topological polar surface area (TPSA) is 170 Å². The third kappa shape index (κ3) is 7.93. The largest absolute Gasteiger partial charge is 0.481 e. The number of nitrogens with one attached hydrogen (secondary N) is 1. The maximum atomic E-state index is 12.5. The van der Waals surface area contributed by atoms with Crippen LogP contribution in [0.25, 0.3) is 10.8 Å². The third-order valence-electron chi connectivity index (χ3n) is 5.63. The molecule has 9 nitrogen and oxygen atoms in total. The van der Waals surface area contributed by atoms with Crippen molar-refractivity contribution >= 4 is 46.7 Å². The van der Waals surface area contributed by atoms with Crippen molar-refractivity contribution in [1.29, 1.82) is 5.41 Å². The number of carbonyl (C=O) groups excluding carboxylic acids is 2. The number of halogens is 1. The zero-order valence-electron chi connectivity index (χ0n) is 19.7. The Kier molecular flexibility index (Phi) is 10.6. The Morgan fingerprint density at radius 1 is 0.917 bits per heavy atom. The Balaban J connectivity index is 0.00000456. The number of aliphatic carboxylic acids is 1. The summed E-state index contributed by atoms with van der Waals surface area (Å²) < 4.78 is 10.9. The SMILES string of the molecule is Cl.N=C(N)c1ccc2cc(OC(=O)c3ccc(C(N)C(=O)CCCCCCCC(=O)O)o3)ccc2c1. The van der Waals surface area contributed by atoms with Crippen LogP contribution >= 0.6 is 12.4 Å². The van der Waals surface area contributed by atoms with Crippen LogP contribution in [0.15, 0.2) is 52.9 Å². The minimum Gasteiger partial charge on any atom is -0.481 e. The van der Waals surface area contributed by atoms with E-state index in [-0.39, 0.29) is 48.4 Å². The molecular formula is C26H30ClN3O6. The Hall–Kier alpha value is -3.69. The van der Waals surface area contributed by atoms with Crippen molar-refractivity contribution in [2.45, 2.75) is 51.0 Å². The number of hydrogen-bond donors (Lipinski definition) is 4. The molecular weight excluding hydrogens is 486 g/mol. The van der Waals surface area contributed by atoms with Gasteiger partial charge in [-0.05, 0) is 53.9 Å². The molecule has 0 aliphatic rings. The molecule has 0 saturated carbocycles. The molecule has 0 radical (unpaired) electrons. The van der Waals surface area contributed by atoms with Crippen molar-refractivity contribution in [2.75, 3.05) is 0 Å². The maximum absolute atomic E-state index is 12.5. The molecule has 0 fully saturated rings. The van der Waals surface area contributed by atoms with Crippen LogP contribution in [0.3, 0.4) is 0 Å². The number of unbranched alkanes of at least 4 members (excludes halogenated alkanes) is 4. The smallest absolute Gasteiger partial charge is 0.379 e. The second kappa shape index (κ2) is 13.4. The summed E-state index contributed by atoms with van der Waals surface area (Å²) in [6.07, 6.45) is 4.22. The lowest BCUT2D eigenvalue weighted by Crippen LogP contribution is -2.20. The number of amidine groups is 1. The number of carbonyl (C=O) groups is 3. The van der Waals surface area contributed by atoms with Gasteiger partial charge in [-0.3, -0.25) is 15.0 Å². The van der Waals surface area contributed by atoms with Gasteiger partial charge in [0, 0.05) is 18.4 Å². The first-order valence-electron chi connectivity index (χ1n) is 11.4. The molecule has 0 bridgehead atoms. The summed E-state index contributed by atoms with van der Waals surface area (Å²) in [5, 5.41) is 17.8. The third-order valence-corrected chi connectivity index (χ3v) is 5.63. The van der Waals surface area contributed by atoms with Gasteiger partial charge < -0.3 is 25.7 Å². The van der Waals surface area contributed by atoms with E-state index in [9.17, 15) is 14.4 Å². The van der Waals surface area contributed by atoms with Crippen molar-refractivity contribution in [1.82, 2.24) is 0 Å². The lowest BCUT2D eigenvalue weighted by molar-refractivity contribution is -0.137. The highest BCUT2D eigenvalue weighted by Crippen LogP contribution is 2.24. The molecule has 0 aliphatic carbocycles. The maximum Gasteiger partial charge on any atom is 0.379 e. The number of ketones is 1. The standard InChI is InChI=1S/C26H29N3O6.ClH/c27-24(20(30)6-4-2-1-3-5-7-23(31)32)21-12-13-22(35-21)26(33)34-19-11-10-16-14-18(25(28)29)9-8-17(16)15-19;/h8-15,24H,1-7,27H2,(H3,28,29)(H,31,32);1H. The number of esters is 1. The number of carboxylic acids is 1. The number of furan rings is 1. The fourth-order valence-electron chi connectivity index (χ4n) is 3.66. The van der Waals surface area contributed by atoms with Gasteiger partial charge in [-0.25, -0.2) is 4.79 Å². The van der Waals surface area contributed by atoms with E-state index in [2.05, 4.69) is 0 Å². The van der Waals surface area contributed by atoms with Crippen molar-refractivity contribution < 1.29 is 28.6 Å². The van der Waals surface area contributed by atoms with E-state index in [1.54, 1.807) is 36.4 Å². The highest BCUT2D eigenvalue weighted by molar-refractivity contribution is 5.99. The van der Waals surface area contributed by atoms with Crippen LogP contribution in [-0.4, -0.2) is 28.7 Å². The van der Waals surface area contributed by atoms with Crippen LogP contribution in [0.1, 0.15) is 72.9 Å². The zero-order chi connectivity index (χ0) is 25.4. The molecule has 3 rings (SSSR count). The van der Waals surface area contributed by atoms with Gasteiger partial charge >= 0.3 is 11.9 Å². The van der Waals surface area contributed by atoms with Crippen LogP contribution < -0.4 is 16.2 Å². The van der Waals surface area contributed by atoms with E-state index in [4.69, 9.17) is 31.1 Å². The molecule has 2 aromatic carbocycles. The molecule has 0 amide bonds. The Labute approximate surface area is 214 Å². The molecule has 1 atom stereocenters. The van der Waals surface area contributed by atoms with E-state index in [1.807, 2.05) is 0 Å². The number of hydrogen-bond acceptors (Lipinski definition) is 7. The second-order valence-corrected chi connectivity index (χ2v) is 8.33. The molecule has 6 N–H and O–H groups in total. The predicted octanol–water partition coefficient (Wildman–Crippen LogP) is 4.74. The number of benzene rings is 2. The summed E-state index contributed by atoms with van der Waals surface area (Å²) in [7, 11) is 0. The van der Waals surface area contributed by atoms with Crippen molar-refractivity contribution in [3.05, 3.63) is 65.6 Å². The highest BCUT2D eigenvalue weighted by atomic mass is 35.5. The van der Waals surface area contributed by atoms with Crippen molar-refractivity contribution in [2.24, 2.45) is 11.5 Å². The number of Topliss-reactive ketones (excluding diaryl/α,β-unsaturated/α-hetero) is 1. The lowest BCUT2D eigenvalue weighted by Gasteiger charge is -2.08. The molecule has 10 heteroatoms. The van der Waals surface area contributed by atoms with E-state index < -0.39 is 18.0 Å². The van der Waals surface area contributed by atoms with Gasteiger partial charge in [0.1, 0.15) is 23.4 Å². The summed E-state index contributed by atoms with van der Waals surface area (Å²) in [5.41, 5.74) is 12.1. The summed E-state index contributed by atoms with van der Waals surface area (Å²) in [4.78, 5) is 35.4. The second-order valence-electron chi connectivity index (χ2n) is 8.33. The van der Waals surface area contributed by atoms with Gasteiger partial charge in [0.2, 0.25) is 5.76 Å². The first-order chi connectivity index (χ1) is 16.7. The first-order valence-corrected chi connectivity index (χ1v) is 11.4. The number of carboxylic acid groups (broad SMARTS) is 1. The monoisotopic (exact) mass is 515 g/mol. The summed E-state index contributed by atoms with van der Waals surface area (Å²) in [6.45, 7) is 0. The van der Waals surface area contributed by atoms with Crippen molar-refractivity contribution in [3.8, 4) is 5.75 Å². The summed E-state index contributed by atoms with van der Waals surface area (Å²) in [5.74, 6) is -1.27. The van der Waals surface area contributed by atoms with Crippen LogP contribution in [0.5, 0.6) is 5.75 Å². The molecule has 1 aromatic heterocycles. The van der Waals surface area contributed by atoms with Crippen molar-refractivity contribution in [3.63, 3.8) is 0 Å². The number of rotatable bonds is 13. The van der Waals surface area contributed by atoms with E-state index in [1.165, 1.54) is 12.1 Å². The van der Waals surface area contributed by atoms with Gasteiger partial charge in [-0.15, -0.1) is 12.4 Å². The summed E-state index contributed by atoms with van der Waals surface area (Å²) in [6, 6.07) is 12.3. The van der Waals surface area contributed by atoms with E-state index in [0.29, 0.717) is 24.2 Å². The Bertz CT molecular complexity index is 1240. The molecule has 192 valence electrons. The average molecular weight is 516 g/mol. The number of nitrogen functional groups attached to an aromatic ring is 1. The van der Waals surface area contributed by atoms with E-state index >= 15 is 0 Å². The molecule has 1 unspecified atom stereocenters.